The van der Waals surface area contributed by atoms with E-state index < -0.39 is 12.6 Å². The number of aliphatic carboxylic acids is 1. The first-order chi connectivity index (χ1) is 3.68. The molecule has 0 aromatic heterocycles. The van der Waals surface area contributed by atoms with Crippen LogP contribution in [0.5, 0.6) is 0 Å². The van der Waals surface area contributed by atoms with E-state index in [0.717, 1.165) is 0 Å². The topological polar surface area (TPSA) is 94.8 Å². The van der Waals surface area contributed by atoms with Gasteiger partial charge in [-0.3, -0.25) is 4.79 Å². The molecular formula is C3H6O5. The van der Waals surface area contributed by atoms with Gasteiger partial charge >= 0.3 is 5.97 Å². The summed E-state index contributed by atoms with van der Waals surface area (Å²) in [6.07, 6.45) is 0. The average molecular weight is 122 g/mol. The van der Waals surface area contributed by atoms with Crippen LogP contribution in [0.4, 0.5) is 0 Å². The lowest BCUT2D eigenvalue weighted by molar-refractivity contribution is -0.140. The Kier molecular flexibility index (Phi) is 11.6. The highest BCUT2D eigenvalue weighted by atomic mass is 16.4. The molecule has 0 radical (unpaired) electrons. The molecule has 0 aromatic carbocycles. The van der Waals surface area contributed by atoms with Crippen LogP contribution in [-0.2, 0) is 9.59 Å². The van der Waals surface area contributed by atoms with E-state index in [4.69, 9.17) is 24.9 Å². The Morgan fingerprint density at radius 1 is 1.62 bits per heavy atom. The average Bonchev–Trinajstić information content (AvgIpc) is 1.69. The fraction of sp³-hybridized carbons (Fsp3) is 0.333. The molecule has 0 bridgehead atoms. The number of rotatable bonds is 1. The molecular weight excluding hydrogens is 116 g/mol. The summed E-state index contributed by atoms with van der Waals surface area (Å²) in [6, 6.07) is 0. The molecule has 3 N–H and O–H groups in total. The molecule has 5 heteroatoms. The Bertz CT molecular complexity index is 68.1. The van der Waals surface area contributed by atoms with Gasteiger partial charge in [0.2, 0.25) is 0 Å². The van der Waals surface area contributed by atoms with Gasteiger partial charge in [0, 0.05) is 0 Å². The largest absolute Gasteiger partial charge is 0.483 e. The molecule has 0 spiro atoms. The van der Waals surface area contributed by atoms with E-state index >= 15 is 0 Å². The highest BCUT2D eigenvalue weighted by Gasteiger charge is 1.82. The van der Waals surface area contributed by atoms with Gasteiger partial charge in [0.25, 0.3) is 6.47 Å². The molecule has 0 aromatic rings. The van der Waals surface area contributed by atoms with Crippen LogP contribution in [0.25, 0.3) is 0 Å². The van der Waals surface area contributed by atoms with Gasteiger partial charge in [-0.2, -0.15) is 0 Å². The molecule has 0 amide bonds. The molecule has 0 unspecified atom stereocenters. The Morgan fingerprint density at radius 3 is 1.75 bits per heavy atom. The second kappa shape index (κ2) is 9.31. The van der Waals surface area contributed by atoms with Gasteiger partial charge in [0.15, 0.2) is 0 Å². The summed E-state index contributed by atoms with van der Waals surface area (Å²) < 4.78 is 0. The van der Waals surface area contributed by atoms with E-state index in [1.807, 2.05) is 0 Å². The molecule has 0 aliphatic heterocycles. The van der Waals surface area contributed by atoms with Gasteiger partial charge in [-0.1, -0.05) is 0 Å². The Labute approximate surface area is 45.2 Å². The number of aliphatic hydroxyl groups excluding tert-OH is 1. The third kappa shape index (κ3) is 92.0. The van der Waals surface area contributed by atoms with Crippen molar-refractivity contribution in [1.82, 2.24) is 0 Å². The molecule has 0 saturated heterocycles. The summed E-state index contributed by atoms with van der Waals surface area (Å²) >= 11 is 0. The molecule has 0 fully saturated rings. The quantitative estimate of drug-likeness (QED) is 0.378. The van der Waals surface area contributed by atoms with Crippen LogP contribution in [0.1, 0.15) is 0 Å². The molecule has 0 aliphatic carbocycles. The van der Waals surface area contributed by atoms with Crippen molar-refractivity contribution in [3.8, 4) is 0 Å². The maximum atomic E-state index is 9.12. The maximum Gasteiger partial charge on any atom is 0.329 e. The van der Waals surface area contributed by atoms with Gasteiger partial charge in [-0.25, -0.2) is 4.79 Å². The monoisotopic (exact) mass is 122 g/mol. The van der Waals surface area contributed by atoms with Crippen LogP contribution in [0.3, 0.4) is 0 Å². The van der Waals surface area contributed by atoms with Crippen LogP contribution in [0.2, 0.25) is 0 Å². The van der Waals surface area contributed by atoms with Crippen molar-refractivity contribution in [1.29, 1.82) is 0 Å². The lowest BCUT2D eigenvalue weighted by Gasteiger charge is -1.72. The summed E-state index contributed by atoms with van der Waals surface area (Å²) in [4.78, 5) is 17.5. The number of carbonyl (C=O) groups is 2. The van der Waals surface area contributed by atoms with E-state index in [1.165, 1.54) is 0 Å². The van der Waals surface area contributed by atoms with Crippen molar-refractivity contribution < 1.29 is 24.9 Å². The second-order valence-corrected chi connectivity index (χ2v) is 0.657. The van der Waals surface area contributed by atoms with Crippen molar-refractivity contribution in [2.24, 2.45) is 0 Å². The number of hydrogen-bond acceptors (Lipinski definition) is 3. The van der Waals surface area contributed by atoms with Gasteiger partial charge in [0.05, 0.1) is 0 Å². The summed E-state index contributed by atoms with van der Waals surface area (Å²) in [5.41, 5.74) is 0. The summed E-state index contributed by atoms with van der Waals surface area (Å²) in [6.45, 7) is -1.03. The van der Waals surface area contributed by atoms with Gasteiger partial charge in [-0.05, 0) is 0 Å². The molecule has 0 aliphatic rings. The first kappa shape index (κ1) is 10.0. The molecule has 48 valence electrons. The fourth-order valence-corrected chi connectivity index (χ4v) is 0. The minimum absolute atomic E-state index is 0.250. The third-order valence-corrected chi connectivity index (χ3v) is 0.135. The van der Waals surface area contributed by atoms with Crippen molar-refractivity contribution in [2.45, 2.75) is 0 Å². The van der Waals surface area contributed by atoms with E-state index in [1.54, 1.807) is 0 Å². The highest BCUT2D eigenvalue weighted by Crippen LogP contribution is 1.48. The third-order valence-electron chi connectivity index (χ3n) is 0.135. The smallest absolute Gasteiger partial charge is 0.329 e. The van der Waals surface area contributed by atoms with Crippen LogP contribution >= 0.6 is 0 Å². The predicted molar refractivity (Wildman–Crippen MR) is 23.4 cm³/mol. The normalized spacial score (nSPS) is 6.12. The first-order valence-corrected chi connectivity index (χ1v) is 1.59. The standard InChI is InChI=1S/C2H4O3.CH2O2/c3-1-2(4)5;2-1-3/h3H,1H2,(H,4,5);1H,(H,2,3). The van der Waals surface area contributed by atoms with Crippen LogP contribution in [-0.4, -0.2) is 34.4 Å². The zero-order valence-corrected chi connectivity index (χ0v) is 3.94. The Morgan fingerprint density at radius 2 is 1.75 bits per heavy atom. The minimum Gasteiger partial charge on any atom is -0.483 e. The molecule has 5 nitrogen and oxygen atoms in total. The van der Waals surface area contributed by atoms with Crippen molar-refractivity contribution in [3.63, 3.8) is 0 Å². The predicted octanol–water partition coefficient (Wildman–Crippen LogP) is -1.24. The van der Waals surface area contributed by atoms with Crippen LogP contribution in [0.15, 0.2) is 0 Å². The highest BCUT2D eigenvalue weighted by molar-refractivity contribution is 5.67. The number of hydrogen-bond donors (Lipinski definition) is 3. The molecule has 0 rings (SSSR count). The van der Waals surface area contributed by atoms with Gasteiger partial charge in [-0.15, -0.1) is 0 Å². The van der Waals surface area contributed by atoms with Crippen LogP contribution < -0.4 is 0 Å². The maximum absolute atomic E-state index is 9.12. The van der Waals surface area contributed by atoms with Gasteiger partial charge < -0.3 is 15.3 Å². The van der Waals surface area contributed by atoms with Crippen molar-refractivity contribution in [3.05, 3.63) is 0 Å². The number of carboxylic acids is 1. The van der Waals surface area contributed by atoms with E-state index in [9.17, 15) is 0 Å². The summed E-state index contributed by atoms with van der Waals surface area (Å²) in [5.74, 6) is -1.19. The molecule has 8 heavy (non-hydrogen) atoms. The molecule has 0 heterocycles. The molecule has 0 atom stereocenters. The fourth-order valence-electron chi connectivity index (χ4n) is 0. The van der Waals surface area contributed by atoms with Crippen molar-refractivity contribution >= 4 is 12.4 Å². The number of carboxylic acid groups (broad SMARTS) is 2. The first-order valence-electron chi connectivity index (χ1n) is 1.59. The van der Waals surface area contributed by atoms with E-state index in [-0.39, 0.29) is 6.47 Å². The lowest BCUT2D eigenvalue weighted by Crippen LogP contribution is -1.98. The zero-order valence-electron chi connectivity index (χ0n) is 3.94. The Balaban J connectivity index is 0. The molecule has 0 saturated carbocycles. The zero-order chi connectivity index (χ0) is 6.99. The summed E-state index contributed by atoms with van der Waals surface area (Å²) in [7, 11) is 0. The SMILES string of the molecule is O=C(O)CO.O=CO. The van der Waals surface area contributed by atoms with Crippen molar-refractivity contribution in [2.75, 3.05) is 6.61 Å². The minimum atomic E-state index is -1.19. The van der Waals surface area contributed by atoms with Gasteiger partial charge in [0.1, 0.15) is 6.61 Å². The number of aliphatic hydroxyl groups is 1. The second-order valence-electron chi connectivity index (χ2n) is 0.657. The lowest BCUT2D eigenvalue weighted by atomic mass is 10.8. The Hall–Kier alpha value is -1.10. The summed E-state index contributed by atoms with van der Waals surface area (Å²) in [5, 5.41) is 21.9. The van der Waals surface area contributed by atoms with E-state index in [0.29, 0.717) is 0 Å². The van der Waals surface area contributed by atoms with Crippen LogP contribution in [0, 0.1) is 0 Å². The van der Waals surface area contributed by atoms with E-state index in [2.05, 4.69) is 0 Å².